The summed E-state index contributed by atoms with van der Waals surface area (Å²) in [6.07, 6.45) is 4.17. The van der Waals surface area contributed by atoms with Gasteiger partial charge in [-0.3, -0.25) is 4.90 Å². The molecule has 2 aromatic rings. The van der Waals surface area contributed by atoms with Crippen LogP contribution >= 0.6 is 0 Å². The Morgan fingerprint density at radius 3 is 2.27 bits per heavy atom. The molecule has 14 heteroatoms. The number of rotatable bonds is 9. The van der Waals surface area contributed by atoms with Gasteiger partial charge in [0, 0.05) is 18.3 Å². The predicted molar refractivity (Wildman–Crippen MR) is 140 cm³/mol. The van der Waals surface area contributed by atoms with Gasteiger partial charge in [-0.05, 0) is 44.4 Å². The highest BCUT2D eigenvalue weighted by atomic mass is 32.2. The van der Waals surface area contributed by atoms with Crippen molar-refractivity contribution in [3.63, 3.8) is 0 Å². The molecule has 2 aliphatic rings. The van der Waals surface area contributed by atoms with Gasteiger partial charge in [0.05, 0.1) is 25.2 Å². The number of aryl methyl sites for hydroxylation is 1. The van der Waals surface area contributed by atoms with E-state index in [0.29, 0.717) is 35.9 Å². The van der Waals surface area contributed by atoms with Crippen molar-refractivity contribution >= 4 is 31.4 Å². The van der Waals surface area contributed by atoms with E-state index in [1.807, 2.05) is 6.92 Å². The zero-order valence-corrected chi connectivity index (χ0v) is 23.1. The second kappa shape index (κ2) is 10.4. The van der Waals surface area contributed by atoms with Crippen molar-refractivity contribution in [2.75, 3.05) is 31.5 Å². The molecule has 4 rings (SSSR count). The summed E-state index contributed by atoms with van der Waals surface area (Å²) < 4.78 is 63.5. The van der Waals surface area contributed by atoms with Crippen LogP contribution < -0.4 is 19.2 Å². The first-order chi connectivity index (χ1) is 17.5. The standard InChI is InChI=1S/C23H32N6O6S2/c1-15-12-24-22(25-13-15)16(2)17(3)37(32,33)27-29-14-28(21-18(34-4)8-6-9-19(21)35-5)23(26-29)20-10-7-11-36(20,30)31/h6,8-9,12-13,16-17,20,27H,7,10-11,14H2,1-5H3/t16-,17-,20+/m0/s1. The number of hydrazone groups is 1. The molecule has 0 bridgehead atoms. The fraction of sp³-hybridized carbons (Fsp3) is 0.522. The molecule has 0 saturated carbocycles. The average molecular weight is 553 g/mol. The third-order valence-corrected chi connectivity index (χ3v) is 10.7. The van der Waals surface area contributed by atoms with Crippen LogP contribution in [0.3, 0.4) is 0 Å². The highest BCUT2D eigenvalue weighted by molar-refractivity contribution is 7.93. The number of hydrogen-bond acceptors (Lipinski definition) is 11. The van der Waals surface area contributed by atoms with Crippen LogP contribution in [0.4, 0.5) is 5.69 Å². The molecular weight excluding hydrogens is 520 g/mol. The maximum absolute atomic E-state index is 13.3. The smallest absolute Gasteiger partial charge is 0.233 e. The first-order valence-corrected chi connectivity index (χ1v) is 15.1. The Balaban J connectivity index is 1.67. The maximum Gasteiger partial charge on any atom is 0.233 e. The highest BCUT2D eigenvalue weighted by Crippen LogP contribution is 2.41. The minimum absolute atomic E-state index is 0.0460. The summed E-state index contributed by atoms with van der Waals surface area (Å²) >= 11 is 0. The summed E-state index contributed by atoms with van der Waals surface area (Å²) in [6.45, 7) is 5.08. The number of aromatic nitrogens is 2. The Kier molecular flexibility index (Phi) is 7.62. The maximum atomic E-state index is 13.3. The monoisotopic (exact) mass is 552 g/mol. The summed E-state index contributed by atoms with van der Waals surface area (Å²) in [5, 5.41) is 3.81. The zero-order chi connectivity index (χ0) is 27.0. The van der Waals surface area contributed by atoms with Crippen molar-refractivity contribution < 1.29 is 26.3 Å². The Hall–Kier alpha value is -2.97. The zero-order valence-electron chi connectivity index (χ0n) is 21.4. The second-order valence-corrected chi connectivity index (χ2v) is 13.5. The van der Waals surface area contributed by atoms with Gasteiger partial charge in [-0.25, -0.2) is 26.8 Å². The first kappa shape index (κ1) is 27.1. The quantitative estimate of drug-likeness (QED) is 0.489. The van der Waals surface area contributed by atoms with Crippen LogP contribution in [0.1, 0.15) is 44.0 Å². The van der Waals surface area contributed by atoms with Gasteiger partial charge >= 0.3 is 0 Å². The molecule has 0 radical (unpaired) electrons. The summed E-state index contributed by atoms with van der Waals surface area (Å²) in [5.41, 5.74) is 1.33. The Morgan fingerprint density at radius 1 is 1.11 bits per heavy atom. The molecular formula is C23H32N6O6S2. The molecule has 0 amide bonds. The fourth-order valence-corrected chi connectivity index (χ4v) is 7.51. The van der Waals surface area contributed by atoms with Crippen molar-refractivity contribution in [3.8, 4) is 11.5 Å². The van der Waals surface area contributed by atoms with Gasteiger partial charge in [-0.15, -0.1) is 9.93 Å². The van der Waals surface area contributed by atoms with E-state index in [1.165, 1.54) is 14.2 Å². The van der Waals surface area contributed by atoms with Crippen LogP contribution in [0, 0.1) is 6.92 Å². The molecule has 3 heterocycles. The molecule has 37 heavy (non-hydrogen) atoms. The van der Waals surface area contributed by atoms with Gasteiger partial charge in [0.25, 0.3) is 0 Å². The minimum Gasteiger partial charge on any atom is -0.494 e. The molecule has 0 spiro atoms. The van der Waals surface area contributed by atoms with E-state index in [2.05, 4.69) is 19.9 Å². The number of nitrogens with one attached hydrogen (secondary N) is 1. The van der Waals surface area contributed by atoms with Crippen molar-refractivity contribution in [1.82, 2.24) is 19.9 Å². The van der Waals surface area contributed by atoms with Crippen molar-refractivity contribution in [2.24, 2.45) is 5.10 Å². The van der Waals surface area contributed by atoms with Crippen molar-refractivity contribution in [2.45, 2.75) is 50.0 Å². The number of hydrogen-bond donors (Lipinski definition) is 1. The van der Waals surface area contributed by atoms with Crippen molar-refractivity contribution in [3.05, 3.63) is 42.0 Å². The molecule has 202 valence electrons. The van der Waals surface area contributed by atoms with E-state index in [4.69, 9.17) is 9.47 Å². The Morgan fingerprint density at radius 2 is 1.73 bits per heavy atom. The number of ether oxygens (including phenoxy) is 2. The third-order valence-electron chi connectivity index (χ3n) is 6.70. The van der Waals surface area contributed by atoms with E-state index in [-0.39, 0.29) is 18.3 Å². The van der Waals surface area contributed by atoms with Crippen LogP contribution in [-0.4, -0.2) is 74.9 Å². The number of para-hydroxylation sites is 1. The van der Waals surface area contributed by atoms with Crippen LogP contribution in [0.15, 0.2) is 35.7 Å². The van der Waals surface area contributed by atoms with Crippen LogP contribution in [-0.2, 0) is 19.9 Å². The highest BCUT2D eigenvalue weighted by Gasteiger charge is 2.44. The molecule has 3 atom stereocenters. The molecule has 1 N–H and O–H groups in total. The van der Waals surface area contributed by atoms with Gasteiger partial charge in [0.15, 0.2) is 15.7 Å². The Labute approximate surface area is 217 Å². The molecule has 1 saturated heterocycles. The molecule has 1 aromatic carbocycles. The summed E-state index contributed by atoms with van der Waals surface area (Å²) in [4.78, 5) is 12.7. The van der Waals surface area contributed by atoms with Crippen molar-refractivity contribution in [1.29, 1.82) is 0 Å². The lowest BCUT2D eigenvalue weighted by Gasteiger charge is -2.27. The average Bonchev–Trinajstić information content (AvgIpc) is 3.43. The van der Waals surface area contributed by atoms with Crippen LogP contribution in [0.2, 0.25) is 0 Å². The van der Waals surface area contributed by atoms with Gasteiger partial charge in [-0.1, -0.05) is 13.0 Å². The molecule has 0 aliphatic carbocycles. The predicted octanol–water partition coefficient (Wildman–Crippen LogP) is 1.80. The first-order valence-electron chi connectivity index (χ1n) is 11.8. The SMILES string of the molecule is COc1cccc(OC)c1N1CN(NS(=O)(=O)[C@@H](C)[C@H](C)c2ncc(C)cn2)N=C1[C@H]1CCCS1(=O)=O. The minimum atomic E-state index is -3.96. The van der Waals surface area contributed by atoms with E-state index >= 15 is 0 Å². The largest absolute Gasteiger partial charge is 0.494 e. The Bertz CT molecular complexity index is 1360. The number of nitrogens with zero attached hydrogens (tertiary/aromatic N) is 5. The number of benzene rings is 1. The number of hydrazine groups is 1. The molecule has 0 unspecified atom stereocenters. The van der Waals surface area contributed by atoms with E-state index in [9.17, 15) is 16.8 Å². The van der Waals surface area contributed by atoms with Gasteiger partial charge in [-0.2, -0.15) is 5.12 Å². The molecule has 2 aliphatic heterocycles. The van der Waals surface area contributed by atoms with Crippen LogP contribution in [0.5, 0.6) is 11.5 Å². The lowest BCUT2D eigenvalue weighted by molar-refractivity contribution is 0.277. The molecule has 1 aromatic heterocycles. The number of sulfonamides is 1. The molecule has 1 fully saturated rings. The summed E-state index contributed by atoms with van der Waals surface area (Å²) in [5.74, 6) is 1.03. The van der Waals surface area contributed by atoms with Gasteiger partial charge in [0.1, 0.15) is 34.9 Å². The van der Waals surface area contributed by atoms with E-state index < -0.39 is 36.3 Å². The van der Waals surface area contributed by atoms with E-state index in [1.54, 1.807) is 49.3 Å². The number of methoxy groups -OCH3 is 2. The number of amidine groups is 1. The fourth-order valence-electron chi connectivity index (χ4n) is 4.41. The van der Waals surface area contributed by atoms with E-state index in [0.717, 1.165) is 10.7 Å². The summed E-state index contributed by atoms with van der Waals surface area (Å²) in [7, 11) is -4.44. The lowest BCUT2D eigenvalue weighted by atomic mass is 10.1. The number of anilines is 1. The molecule has 12 nitrogen and oxygen atoms in total. The third kappa shape index (κ3) is 5.36. The normalized spacial score (nSPS) is 21.0. The number of sulfone groups is 1. The van der Waals surface area contributed by atoms with Gasteiger partial charge in [0.2, 0.25) is 10.0 Å². The second-order valence-electron chi connectivity index (χ2n) is 9.18. The van der Waals surface area contributed by atoms with Crippen LogP contribution in [0.25, 0.3) is 0 Å². The topological polar surface area (TPSA) is 143 Å². The van der Waals surface area contributed by atoms with Gasteiger partial charge < -0.3 is 9.47 Å². The summed E-state index contributed by atoms with van der Waals surface area (Å²) in [6, 6.07) is 5.19. The lowest BCUT2D eigenvalue weighted by Crippen LogP contribution is -2.46.